The van der Waals surface area contributed by atoms with Crippen molar-refractivity contribution >= 4 is 29.6 Å². The molecule has 5 atom stereocenters. The third kappa shape index (κ3) is 17.1. The van der Waals surface area contributed by atoms with Crippen molar-refractivity contribution in [3.05, 3.63) is 12.2 Å². The van der Waals surface area contributed by atoms with E-state index in [4.69, 9.17) is 0 Å². The van der Waals surface area contributed by atoms with Gasteiger partial charge in [-0.1, -0.05) is 96.1 Å². The fraction of sp³-hybridized carbons (Fsp3) is 0.853. The van der Waals surface area contributed by atoms with E-state index in [1.807, 2.05) is 17.8 Å². The molecular weight excluding hydrogens is 576 g/mol. The summed E-state index contributed by atoms with van der Waals surface area (Å²) in [6.45, 7) is 2.54. The molecule has 2 heterocycles. The molecule has 4 amide bonds. The number of rotatable bonds is 27. The average Bonchev–Trinajstić information content (AvgIpc) is 3.57. The van der Waals surface area contributed by atoms with Gasteiger partial charge in [-0.15, -0.1) is 0 Å². The minimum absolute atomic E-state index is 0.0619. The van der Waals surface area contributed by atoms with Crippen LogP contribution in [0.4, 0.5) is 4.79 Å². The summed E-state index contributed by atoms with van der Waals surface area (Å²) in [6, 6.07) is -0.303. The van der Waals surface area contributed by atoms with E-state index in [1.54, 1.807) is 6.08 Å². The zero-order valence-electron chi connectivity index (χ0n) is 27.3. The molecular formula is C34H62N4O5S. The Morgan fingerprint density at radius 3 is 2.23 bits per heavy atom. The first-order valence-corrected chi connectivity index (χ1v) is 18.7. The monoisotopic (exact) mass is 638 g/mol. The molecule has 0 saturated carbocycles. The molecule has 2 saturated heterocycles. The van der Waals surface area contributed by atoms with Gasteiger partial charge in [0, 0.05) is 30.4 Å². The lowest BCUT2D eigenvalue weighted by molar-refractivity contribution is -0.123. The maximum atomic E-state index is 12.3. The van der Waals surface area contributed by atoms with Gasteiger partial charge in [-0.25, -0.2) is 4.79 Å². The number of amides is 4. The molecule has 0 unspecified atom stereocenters. The maximum Gasteiger partial charge on any atom is 0.315 e. The molecule has 0 aromatic heterocycles. The smallest absolute Gasteiger partial charge is 0.315 e. The van der Waals surface area contributed by atoms with Crippen LogP contribution in [0.2, 0.25) is 0 Å². The molecule has 10 heteroatoms. The molecule has 2 rings (SSSR count). The van der Waals surface area contributed by atoms with Gasteiger partial charge in [0.25, 0.3) is 0 Å². The predicted octanol–water partition coefficient (Wildman–Crippen LogP) is 5.48. The molecule has 0 spiro atoms. The number of hydrogen-bond acceptors (Lipinski definition) is 6. The van der Waals surface area contributed by atoms with Gasteiger partial charge in [-0.2, -0.15) is 11.8 Å². The summed E-state index contributed by atoms with van der Waals surface area (Å²) in [4.78, 5) is 35.9. The third-order valence-electron chi connectivity index (χ3n) is 8.75. The van der Waals surface area contributed by atoms with Crippen LogP contribution in [0, 0.1) is 0 Å². The summed E-state index contributed by atoms with van der Waals surface area (Å²) in [7, 11) is 0. The topological polar surface area (TPSA) is 140 Å². The van der Waals surface area contributed by atoms with Gasteiger partial charge >= 0.3 is 6.03 Å². The standard InChI is InChI=1S/C34H62N4O5S/c1-2-3-4-5-6-7-8-9-10-11-12-13-15-20-29(40)27(25-39)36-32(42)23-16-14-19-24-35-31(41)22-18-17-21-30-33-28(26-44-30)37-34(43)38-33/h15,20,27-30,33,39-40H,2-14,16-19,21-26H2,1H3,(H,35,41)(H,36,42)(H2,37,38,43)/b20-15+/t27-,28-,29+,30-,33-/m0/s1. The van der Waals surface area contributed by atoms with Gasteiger partial charge in [0.05, 0.1) is 30.8 Å². The maximum absolute atomic E-state index is 12.3. The Bertz CT molecular complexity index is 829. The first-order chi connectivity index (χ1) is 21.4. The molecule has 2 fully saturated rings. The van der Waals surface area contributed by atoms with Gasteiger partial charge in [0.1, 0.15) is 0 Å². The number of carbonyl (C=O) groups is 3. The van der Waals surface area contributed by atoms with Crippen molar-refractivity contribution < 1.29 is 24.6 Å². The highest BCUT2D eigenvalue weighted by molar-refractivity contribution is 8.00. The van der Waals surface area contributed by atoms with Crippen LogP contribution >= 0.6 is 11.8 Å². The van der Waals surface area contributed by atoms with Crippen molar-refractivity contribution in [1.82, 2.24) is 21.3 Å². The molecule has 44 heavy (non-hydrogen) atoms. The van der Waals surface area contributed by atoms with Crippen LogP contribution in [0.3, 0.4) is 0 Å². The van der Waals surface area contributed by atoms with Crippen LogP contribution in [-0.2, 0) is 9.59 Å². The highest BCUT2D eigenvalue weighted by Crippen LogP contribution is 2.33. The number of thioether (sulfide) groups is 1. The predicted molar refractivity (Wildman–Crippen MR) is 181 cm³/mol. The van der Waals surface area contributed by atoms with Crippen LogP contribution in [-0.4, -0.2) is 76.4 Å². The minimum atomic E-state index is -0.902. The van der Waals surface area contributed by atoms with Gasteiger partial charge in [0.2, 0.25) is 11.8 Å². The Balaban J connectivity index is 1.40. The molecule has 0 aliphatic carbocycles. The van der Waals surface area contributed by atoms with Crippen LogP contribution in [0.1, 0.15) is 135 Å². The highest BCUT2D eigenvalue weighted by Gasteiger charge is 2.42. The van der Waals surface area contributed by atoms with Crippen molar-refractivity contribution in [3.8, 4) is 0 Å². The number of aliphatic hydroxyl groups excluding tert-OH is 2. The average molecular weight is 639 g/mol. The number of hydrogen-bond donors (Lipinski definition) is 6. The number of nitrogens with one attached hydrogen (secondary N) is 4. The van der Waals surface area contributed by atoms with Crippen LogP contribution < -0.4 is 21.3 Å². The quantitative estimate of drug-likeness (QED) is 0.0400. The van der Waals surface area contributed by atoms with Crippen LogP contribution in [0.25, 0.3) is 0 Å². The first kappa shape index (κ1) is 38.4. The molecule has 0 aromatic carbocycles. The van der Waals surface area contributed by atoms with Gasteiger partial charge < -0.3 is 31.5 Å². The molecule has 9 nitrogen and oxygen atoms in total. The van der Waals surface area contributed by atoms with E-state index in [-0.39, 0.29) is 36.5 Å². The van der Waals surface area contributed by atoms with E-state index < -0.39 is 12.1 Å². The molecule has 0 aromatic rings. The summed E-state index contributed by atoms with van der Waals surface area (Å²) in [5, 5.41) is 32.1. The molecule has 2 aliphatic rings. The van der Waals surface area contributed by atoms with Crippen LogP contribution in [0.5, 0.6) is 0 Å². The lowest BCUT2D eigenvalue weighted by atomic mass is 10.0. The van der Waals surface area contributed by atoms with Crippen molar-refractivity contribution in [2.75, 3.05) is 18.9 Å². The second-order valence-electron chi connectivity index (χ2n) is 12.6. The Hall–Kier alpha value is -1.78. The van der Waals surface area contributed by atoms with Crippen molar-refractivity contribution in [3.63, 3.8) is 0 Å². The summed E-state index contributed by atoms with van der Waals surface area (Å²) in [5.41, 5.74) is 0. The largest absolute Gasteiger partial charge is 0.394 e. The third-order valence-corrected chi connectivity index (χ3v) is 10.3. The fourth-order valence-corrected chi connectivity index (χ4v) is 7.54. The van der Waals surface area contributed by atoms with E-state index in [9.17, 15) is 24.6 Å². The molecule has 2 aliphatic heterocycles. The van der Waals surface area contributed by atoms with E-state index in [2.05, 4.69) is 28.2 Å². The SMILES string of the molecule is CCCCCCCCCCCCC/C=C/[C@@H](O)[C@H](CO)NC(=O)CCCCCNC(=O)CCCC[C@@H]1SC[C@@H]2NC(=O)N[C@@H]21. The normalized spacial score (nSPS) is 20.7. The molecule has 254 valence electrons. The van der Waals surface area contributed by atoms with Gasteiger partial charge in [-0.05, 0) is 38.5 Å². The summed E-state index contributed by atoms with van der Waals surface area (Å²) < 4.78 is 0. The highest BCUT2D eigenvalue weighted by atomic mass is 32.2. The number of carbonyl (C=O) groups excluding carboxylic acids is 3. The lowest BCUT2D eigenvalue weighted by Gasteiger charge is -2.20. The Morgan fingerprint density at radius 1 is 0.886 bits per heavy atom. The van der Waals surface area contributed by atoms with E-state index in [0.29, 0.717) is 31.1 Å². The zero-order chi connectivity index (χ0) is 31.8. The van der Waals surface area contributed by atoms with E-state index in [1.165, 1.54) is 64.2 Å². The number of urea groups is 1. The number of unbranched alkanes of at least 4 members (excludes halogenated alkanes) is 14. The Morgan fingerprint density at radius 2 is 1.52 bits per heavy atom. The van der Waals surface area contributed by atoms with Crippen molar-refractivity contribution in [2.45, 2.75) is 165 Å². The first-order valence-electron chi connectivity index (χ1n) is 17.6. The minimum Gasteiger partial charge on any atom is -0.394 e. The summed E-state index contributed by atoms with van der Waals surface area (Å²) in [5.74, 6) is 0.842. The lowest BCUT2D eigenvalue weighted by Crippen LogP contribution is -2.45. The summed E-state index contributed by atoms with van der Waals surface area (Å²) in [6.07, 6.45) is 24.0. The van der Waals surface area contributed by atoms with Crippen molar-refractivity contribution in [1.29, 1.82) is 0 Å². The van der Waals surface area contributed by atoms with Gasteiger partial charge in [-0.3, -0.25) is 9.59 Å². The Labute approximate surface area is 270 Å². The van der Waals surface area contributed by atoms with Crippen molar-refractivity contribution in [2.24, 2.45) is 0 Å². The molecule has 0 radical (unpaired) electrons. The second kappa shape index (κ2) is 24.5. The summed E-state index contributed by atoms with van der Waals surface area (Å²) >= 11 is 1.90. The fourth-order valence-electron chi connectivity index (χ4n) is 5.99. The molecule has 6 N–H and O–H groups in total. The van der Waals surface area contributed by atoms with E-state index in [0.717, 1.165) is 50.7 Å². The zero-order valence-corrected chi connectivity index (χ0v) is 28.1. The van der Waals surface area contributed by atoms with Gasteiger partial charge in [0.15, 0.2) is 0 Å². The number of aliphatic hydroxyl groups is 2. The Kier molecular flexibility index (Phi) is 21.3. The van der Waals surface area contributed by atoms with Crippen LogP contribution in [0.15, 0.2) is 12.2 Å². The number of fused-ring (bicyclic) bond motifs is 1. The van der Waals surface area contributed by atoms with E-state index >= 15 is 0 Å². The molecule has 0 bridgehead atoms. The number of allylic oxidation sites excluding steroid dienone is 1. The second-order valence-corrected chi connectivity index (χ2v) is 13.9.